The lowest BCUT2D eigenvalue weighted by molar-refractivity contribution is 0.0947. The topological polar surface area (TPSA) is 73.0 Å². The average Bonchev–Trinajstić information content (AvgIpc) is 3.23. The average molecular weight is 324 g/mol. The maximum absolute atomic E-state index is 12.1. The highest BCUT2D eigenvalue weighted by Gasteiger charge is 2.15. The van der Waals surface area contributed by atoms with Crippen LogP contribution in [0.15, 0.2) is 53.5 Å². The van der Waals surface area contributed by atoms with Gasteiger partial charge in [0.05, 0.1) is 35.8 Å². The minimum absolute atomic E-state index is 0.0794. The maximum Gasteiger partial charge on any atom is 0.253 e. The Bertz CT molecular complexity index is 812. The molecule has 0 saturated heterocycles. The van der Waals surface area contributed by atoms with Crippen molar-refractivity contribution in [3.8, 4) is 11.3 Å². The molecule has 6 heteroatoms. The van der Waals surface area contributed by atoms with Crippen LogP contribution in [0.2, 0.25) is 0 Å². The van der Waals surface area contributed by atoms with Gasteiger partial charge in [0.2, 0.25) is 0 Å². The number of carbonyl (C=O) groups is 1. The van der Waals surface area contributed by atoms with E-state index in [1.165, 1.54) is 0 Å². The lowest BCUT2D eigenvalue weighted by Gasteiger charge is -2.18. The van der Waals surface area contributed by atoms with E-state index in [1.807, 2.05) is 23.0 Å². The van der Waals surface area contributed by atoms with Gasteiger partial charge in [-0.1, -0.05) is 0 Å². The highest BCUT2D eigenvalue weighted by atomic mass is 16.3. The van der Waals surface area contributed by atoms with Crippen molar-refractivity contribution in [2.45, 2.75) is 32.9 Å². The molecule has 1 N–H and O–H groups in total. The summed E-state index contributed by atoms with van der Waals surface area (Å²) in [6.45, 7) is 6.61. The van der Waals surface area contributed by atoms with E-state index < -0.39 is 0 Å². The second-order valence-electron chi connectivity index (χ2n) is 6.54. The van der Waals surface area contributed by atoms with Gasteiger partial charge < -0.3 is 9.73 Å². The molecule has 3 aromatic heterocycles. The third kappa shape index (κ3) is 3.53. The van der Waals surface area contributed by atoms with Gasteiger partial charge in [-0.05, 0) is 45.0 Å². The molecule has 1 amide bonds. The van der Waals surface area contributed by atoms with E-state index in [9.17, 15) is 4.79 Å². The highest BCUT2D eigenvalue weighted by molar-refractivity contribution is 5.94. The van der Waals surface area contributed by atoms with Crippen molar-refractivity contribution in [1.82, 2.24) is 20.1 Å². The van der Waals surface area contributed by atoms with Gasteiger partial charge in [-0.25, -0.2) is 0 Å². The number of furan rings is 1. The Hall–Kier alpha value is -2.89. The number of nitrogens with zero attached hydrogens (tertiary/aromatic N) is 3. The molecule has 0 aliphatic carbocycles. The summed E-state index contributed by atoms with van der Waals surface area (Å²) < 4.78 is 7.08. The Labute approximate surface area is 140 Å². The van der Waals surface area contributed by atoms with Gasteiger partial charge in [0.1, 0.15) is 5.76 Å². The Kier molecular flexibility index (Phi) is 4.20. The quantitative estimate of drug-likeness (QED) is 0.799. The number of carbonyl (C=O) groups excluding carboxylic acids is 1. The molecule has 0 bridgehead atoms. The summed E-state index contributed by atoms with van der Waals surface area (Å²) in [7, 11) is 0. The SMILES string of the molecule is CC(C)(C)n1cc(-c2ccc(C(=O)NCc3ccco3)cn2)cn1. The molecule has 124 valence electrons. The first-order valence-electron chi connectivity index (χ1n) is 7.75. The molecule has 0 spiro atoms. The van der Waals surface area contributed by atoms with E-state index in [-0.39, 0.29) is 11.4 Å². The van der Waals surface area contributed by atoms with Crippen LogP contribution in [0.25, 0.3) is 11.3 Å². The van der Waals surface area contributed by atoms with E-state index in [0.717, 1.165) is 11.3 Å². The summed E-state index contributed by atoms with van der Waals surface area (Å²) in [5.41, 5.74) is 2.14. The monoisotopic (exact) mass is 324 g/mol. The molecule has 0 aromatic carbocycles. The van der Waals surface area contributed by atoms with Crippen LogP contribution in [-0.2, 0) is 12.1 Å². The molecule has 0 fully saturated rings. The van der Waals surface area contributed by atoms with E-state index in [4.69, 9.17) is 4.42 Å². The number of pyridine rings is 1. The van der Waals surface area contributed by atoms with Crippen LogP contribution >= 0.6 is 0 Å². The van der Waals surface area contributed by atoms with Crippen molar-refractivity contribution in [3.63, 3.8) is 0 Å². The highest BCUT2D eigenvalue weighted by Crippen LogP contribution is 2.20. The molecule has 0 radical (unpaired) electrons. The van der Waals surface area contributed by atoms with Gasteiger partial charge in [0.15, 0.2) is 0 Å². The van der Waals surface area contributed by atoms with E-state index in [1.54, 1.807) is 30.8 Å². The first-order chi connectivity index (χ1) is 11.4. The molecule has 0 aliphatic rings. The van der Waals surface area contributed by atoms with Gasteiger partial charge in [-0.3, -0.25) is 14.5 Å². The lowest BCUT2D eigenvalue weighted by atomic mass is 10.1. The van der Waals surface area contributed by atoms with E-state index >= 15 is 0 Å². The largest absolute Gasteiger partial charge is 0.467 e. The van der Waals surface area contributed by atoms with Crippen molar-refractivity contribution in [1.29, 1.82) is 0 Å². The number of hydrogen-bond donors (Lipinski definition) is 1. The molecule has 3 heterocycles. The van der Waals surface area contributed by atoms with Crippen LogP contribution in [0.3, 0.4) is 0 Å². The van der Waals surface area contributed by atoms with Crippen LogP contribution in [0, 0.1) is 0 Å². The van der Waals surface area contributed by atoms with Gasteiger partial charge in [0, 0.05) is 18.0 Å². The molecule has 0 unspecified atom stereocenters. The second kappa shape index (κ2) is 6.31. The fraction of sp³-hybridized carbons (Fsp3) is 0.278. The van der Waals surface area contributed by atoms with Gasteiger partial charge >= 0.3 is 0 Å². The first-order valence-corrected chi connectivity index (χ1v) is 7.75. The van der Waals surface area contributed by atoms with Crippen molar-refractivity contribution in [2.24, 2.45) is 0 Å². The fourth-order valence-corrected chi connectivity index (χ4v) is 2.20. The molecular weight excluding hydrogens is 304 g/mol. The van der Waals surface area contributed by atoms with Crippen molar-refractivity contribution in [2.75, 3.05) is 0 Å². The summed E-state index contributed by atoms with van der Waals surface area (Å²) in [5.74, 6) is 0.526. The zero-order valence-electron chi connectivity index (χ0n) is 14.0. The fourth-order valence-electron chi connectivity index (χ4n) is 2.20. The van der Waals surface area contributed by atoms with Gasteiger partial charge in [-0.2, -0.15) is 5.10 Å². The molecule has 0 saturated carbocycles. The Morgan fingerprint density at radius 1 is 1.25 bits per heavy atom. The summed E-state index contributed by atoms with van der Waals surface area (Å²) >= 11 is 0. The zero-order valence-corrected chi connectivity index (χ0v) is 14.0. The zero-order chi connectivity index (χ0) is 17.2. The number of amides is 1. The summed E-state index contributed by atoms with van der Waals surface area (Å²) in [6, 6.07) is 7.18. The third-order valence-electron chi connectivity index (χ3n) is 3.59. The minimum atomic E-state index is -0.184. The predicted molar refractivity (Wildman–Crippen MR) is 90.3 cm³/mol. The standard InChI is InChI=1S/C18H20N4O2/c1-18(2,3)22-12-14(10-21-22)16-7-6-13(9-19-16)17(23)20-11-15-5-4-8-24-15/h4-10,12H,11H2,1-3H3,(H,20,23). The van der Waals surface area contributed by atoms with Crippen LogP contribution in [0.5, 0.6) is 0 Å². The summed E-state index contributed by atoms with van der Waals surface area (Å²) in [4.78, 5) is 16.5. The Morgan fingerprint density at radius 2 is 2.08 bits per heavy atom. The molecule has 24 heavy (non-hydrogen) atoms. The van der Waals surface area contributed by atoms with Gasteiger partial charge in [-0.15, -0.1) is 0 Å². The van der Waals surface area contributed by atoms with Crippen LogP contribution in [0.4, 0.5) is 0 Å². The van der Waals surface area contributed by atoms with Gasteiger partial charge in [0.25, 0.3) is 5.91 Å². The molecular formula is C18H20N4O2. The summed E-state index contributed by atoms with van der Waals surface area (Å²) in [6.07, 6.45) is 6.89. The Balaban J connectivity index is 1.68. The van der Waals surface area contributed by atoms with E-state index in [0.29, 0.717) is 17.9 Å². The lowest BCUT2D eigenvalue weighted by Crippen LogP contribution is -2.22. The maximum atomic E-state index is 12.1. The molecule has 6 nitrogen and oxygen atoms in total. The van der Waals surface area contributed by atoms with Crippen molar-refractivity contribution in [3.05, 3.63) is 60.4 Å². The molecule has 0 atom stereocenters. The summed E-state index contributed by atoms with van der Waals surface area (Å²) in [5, 5.41) is 7.16. The molecule has 3 aromatic rings. The second-order valence-corrected chi connectivity index (χ2v) is 6.54. The van der Waals surface area contributed by atoms with Crippen LogP contribution in [0.1, 0.15) is 36.9 Å². The number of aromatic nitrogens is 3. The molecule has 0 aliphatic heterocycles. The number of rotatable bonds is 4. The number of nitrogens with one attached hydrogen (secondary N) is 1. The molecule has 3 rings (SSSR count). The van der Waals surface area contributed by atoms with Crippen LogP contribution in [-0.4, -0.2) is 20.7 Å². The normalized spacial score (nSPS) is 11.5. The smallest absolute Gasteiger partial charge is 0.253 e. The third-order valence-corrected chi connectivity index (χ3v) is 3.59. The number of hydrogen-bond acceptors (Lipinski definition) is 4. The van der Waals surface area contributed by atoms with Crippen LogP contribution < -0.4 is 5.32 Å². The minimum Gasteiger partial charge on any atom is -0.467 e. The van der Waals surface area contributed by atoms with E-state index in [2.05, 4.69) is 36.2 Å². The predicted octanol–water partition coefficient (Wildman–Crippen LogP) is 3.22. The first kappa shape index (κ1) is 16.0. The Morgan fingerprint density at radius 3 is 2.67 bits per heavy atom. The van der Waals surface area contributed by atoms with Crippen molar-refractivity contribution >= 4 is 5.91 Å². The van der Waals surface area contributed by atoms with Crippen molar-refractivity contribution < 1.29 is 9.21 Å².